The Morgan fingerprint density at radius 2 is 1.68 bits per heavy atom. The number of carbonyl (C=O) groups excluding carboxylic acids is 1. The van der Waals surface area contributed by atoms with Crippen LogP contribution in [-0.4, -0.2) is 5.78 Å². The summed E-state index contributed by atoms with van der Waals surface area (Å²) in [5.41, 5.74) is 9.57. The van der Waals surface area contributed by atoms with Gasteiger partial charge >= 0.3 is 0 Å². The van der Waals surface area contributed by atoms with Gasteiger partial charge in [-0.1, -0.05) is 12.1 Å². The van der Waals surface area contributed by atoms with E-state index in [1.54, 1.807) is 32.0 Å². The van der Waals surface area contributed by atoms with E-state index in [9.17, 15) is 9.18 Å². The number of carbonyl (C=O) groups is 1. The zero-order chi connectivity index (χ0) is 14.2. The molecule has 0 aliphatic rings. The third-order valence-corrected chi connectivity index (χ3v) is 3.34. The van der Waals surface area contributed by atoms with Gasteiger partial charge < -0.3 is 5.73 Å². The third kappa shape index (κ3) is 2.36. The molecule has 2 rings (SSSR count). The smallest absolute Gasteiger partial charge is 0.193 e. The molecule has 0 bridgehead atoms. The molecule has 98 valence electrons. The fraction of sp³-hybridized carbons (Fsp3) is 0.188. The van der Waals surface area contributed by atoms with Crippen molar-refractivity contribution in [3.05, 3.63) is 64.0 Å². The van der Waals surface area contributed by atoms with Crippen molar-refractivity contribution in [1.82, 2.24) is 0 Å². The minimum absolute atomic E-state index is 0.111. The van der Waals surface area contributed by atoms with Gasteiger partial charge in [-0.15, -0.1) is 0 Å². The van der Waals surface area contributed by atoms with E-state index in [0.717, 1.165) is 5.56 Å². The Hall–Kier alpha value is -2.16. The van der Waals surface area contributed by atoms with Crippen LogP contribution in [0.15, 0.2) is 30.3 Å². The molecule has 3 heteroatoms. The van der Waals surface area contributed by atoms with E-state index in [4.69, 9.17) is 5.73 Å². The van der Waals surface area contributed by atoms with Crippen LogP contribution >= 0.6 is 0 Å². The first-order chi connectivity index (χ1) is 8.91. The Bertz CT molecular complexity index is 639. The van der Waals surface area contributed by atoms with Crippen LogP contribution < -0.4 is 5.73 Å². The molecule has 0 saturated carbocycles. The van der Waals surface area contributed by atoms with Crippen molar-refractivity contribution in [2.75, 3.05) is 5.73 Å². The highest BCUT2D eigenvalue weighted by atomic mass is 19.1. The second kappa shape index (κ2) is 4.84. The molecule has 0 heterocycles. The maximum absolute atomic E-state index is 13.3. The summed E-state index contributed by atoms with van der Waals surface area (Å²) in [7, 11) is 0. The lowest BCUT2D eigenvalue weighted by Gasteiger charge is -2.12. The molecule has 0 atom stereocenters. The number of aryl methyl sites for hydroxylation is 2. The minimum Gasteiger partial charge on any atom is -0.398 e. The third-order valence-electron chi connectivity index (χ3n) is 3.34. The summed E-state index contributed by atoms with van der Waals surface area (Å²) < 4.78 is 13.3. The molecule has 0 saturated heterocycles. The highest BCUT2D eigenvalue weighted by molar-refractivity contribution is 6.12. The molecule has 2 N–H and O–H groups in total. The van der Waals surface area contributed by atoms with Crippen LogP contribution in [0.4, 0.5) is 10.1 Å². The van der Waals surface area contributed by atoms with Crippen LogP contribution in [0.25, 0.3) is 0 Å². The van der Waals surface area contributed by atoms with Gasteiger partial charge in [0.2, 0.25) is 0 Å². The zero-order valence-corrected chi connectivity index (χ0v) is 11.3. The molecule has 2 aromatic rings. The number of nitrogens with two attached hydrogens (primary N) is 1. The Labute approximate surface area is 112 Å². The molecular weight excluding hydrogens is 241 g/mol. The first-order valence-corrected chi connectivity index (χ1v) is 6.08. The van der Waals surface area contributed by atoms with Crippen LogP contribution in [-0.2, 0) is 0 Å². The fourth-order valence-corrected chi connectivity index (χ4v) is 2.30. The summed E-state index contributed by atoms with van der Waals surface area (Å²) in [5.74, 6) is -0.435. The van der Waals surface area contributed by atoms with Crippen molar-refractivity contribution in [2.45, 2.75) is 20.8 Å². The predicted molar refractivity (Wildman–Crippen MR) is 74.9 cm³/mol. The van der Waals surface area contributed by atoms with E-state index in [1.165, 1.54) is 12.1 Å². The minimum atomic E-state index is -0.323. The van der Waals surface area contributed by atoms with Crippen LogP contribution in [0, 0.1) is 26.6 Å². The second-order valence-corrected chi connectivity index (χ2v) is 4.76. The van der Waals surface area contributed by atoms with Gasteiger partial charge in [0.05, 0.1) is 0 Å². The van der Waals surface area contributed by atoms with Gasteiger partial charge in [0, 0.05) is 16.8 Å². The van der Waals surface area contributed by atoms with Gasteiger partial charge in [-0.05, 0) is 55.7 Å². The molecule has 0 aromatic heterocycles. The van der Waals surface area contributed by atoms with Crippen LogP contribution in [0.5, 0.6) is 0 Å². The molecule has 0 spiro atoms. The standard InChI is InChI=1S/C16H16FNO/c1-9-7-12(17)8-10(2)15(9)16(19)13-5-4-6-14(18)11(13)3/h4-8H,18H2,1-3H3. The van der Waals surface area contributed by atoms with Gasteiger partial charge in [0.25, 0.3) is 0 Å². The molecule has 0 fully saturated rings. The number of hydrogen-bond donors (Lipinski definition) is 1. The van der Waals surface area contributed by atoms with Gasteiger partial charge in [0.1, 0.15) is 5.82 Å². The monoisotopic (exact) mass is 257 g/mol. The van der Waals surface area contributed by atoms with E-state index in [1.807, 2.05) is 6.92 Å². The van der Waals surface area contributed by atoms with Crippen molar-refractivity contribution in [3.63, 3.8) is 0 Å². The normalized spacial score (nSPS) is 10.5. The van der Waals surface area contributed by atoms with Crippen molar-refractivity contribution in [1.29, 1.82) is 0 Å². The van der Waals surface area contributed by atoms with E-state index in [-0.39, 0.29) is 11.6 Å². The number of halogens is 1. The molecule has 0 unspecified atom stereocenters. The van der Waals surface area contributed by atoms with Crippen molar-refractivity contribution in [2.24, 2.45) is 0 Å². The highest BCUT2D eigenvalue weighted by Gasteiger charge is 2.17. The lowest BCUT2D eigenvalue weighted by atomic mass is 9.92. The highest BCUT2D eigenvalue weighted by Crippen LogP contribution is 2.23. The first-order valence-electron chi connectivity index (χ1n) is 6.08. The molecule has 2 nitrogen and oxygen atoms in total. The Morgan fingerprint density at radius 1 is 1.11 bits per heavy atom. The number of benzene rings is 2. The summed E-state index contributed by atoms with van der Waals surface area (Å²) >= 11 is 0. The first kappa shape index (κ1) is 13.3. The van der Waals surface area contributed by atoms with E-state index >= 15 is 0 Å². The molecule has 0 amide bonds. The lowest BCUT2D eigenvalue weighted by molar-refractivity contribution is 0.103. The van der Waals surface area contributed by atoms with Crippen LogP contribution in [0.3, 0.4) is 0 Å². The Kier molecular flexibility index (Phi) is 3.38. The molecule has 19 heavy (non-hydrogen) atoms. The maximum atomic E-state index is 13.3. The Morgan fingerprint density at radius 3 is 2.26 bits per heavy atom. The largest absolute Gasteiger partial charge is 0.398 e. The number of ketones is 1. The van der Waals surface area contributed by atoms with E-state index < -0.39 is 0 Å². The second-order valence-electron chi connectivity index (χ2n) is 4.76. The van der Waals surface area contributed by atoms with Crippen LogP contribution in [0.1, 0.15) is 32.6 Å². The van der Waals surface area contributed by atoms with Crippen molar-refractivity contribution in [3.8, 4) is 0 Å². The predicted octanol–water partition coefficient (Wildman–Crippen LogP) is 3.56. The summed E-state index contributed by atoms with van der Waals surface area (Å²) in [6, 6.07) is 8.01. The summed E-state index contributed by atoms with van der Waals surface area (Å²) in [5, 5.41) is 0. The summed E-state index contributed by atoms with van der Waals surface area (Å²) in [6.07, 6.45) is 0. The quantitative estimate of drug-likeness (QED) is 0.660. The van der Waals surface area contributed by atoms with Crippen molar-refractivity contribution < 1.29 is 9.18 Å². The summed E-state index contributed by atoms with van der Waals surface area (Å²) in [4.78, 5) is 12.6. The number of nitrogen functional groups attached to an aromatic ring is 1. The van der Waals surface area contributed by atoms with E-state index in [0.29, 0.717) is 27.9 Å². The molecular formula is C16H16FNO. The van der Waals surface area contributed by atoms with Gasteiger partial charge in [-0.2, -0.15) is 0 Å². The number of hydrogen-bond acceptors (Lipinski definition) is 2. The molecule has 0 radical (unpaired) electrons. The topological polar surface area (TPSA) is 43.1 Å². The molecule has 0 aliphatic heterocycles. The Balaban J connectivity index is 2.60. The SMILES string of the molecule is Cc1cc(F)cc(C)c1C(=O)c1cccc(N)c1C. The number of rotatable bonds is 2. The summed E-state index contributed by atoms with van der Waals surface area (Å²) in [6.45, 7) is 5.30. The maximum Gasteiger partial charge on any atom is 0.193 e. The van der Waals surface area contributed by atoms with E-state index in [2.05, 4.69) is 0 Å². The van der Waals surface area contributed by atoms with Gasteiger partial charge in [-0.25, -0.2) is 4.39 Å². The molecule has 0 aliphatic carbocycles. The van der Waals surface area contributed by atoms with Gasteiger partial charge in [0.15, 0.2) is 5.78 Å². The fourth-order valence-electron chi connectivity index (χ4n) is 2.30. The van der Waals surface area contributed by atoms with Crippen molar-refractivity contribution >= 4 is 11.5 Å². The average Bonchev–Trinajstić information content (AvgIpc) is 2.31. The lowest BCUT2D eigenvalue weighted by Crippen LogP contribution is -2.09. The molecule has 2 aromatic carbocycles. The average molecular weight is 257 g/mol. The van der Waals surface area contributed by atoms with Crippen LogP contribution in [0.2, 0.25) is 0 Å². The van der Waals surface area contributed by atoms with Gasteiger partial charge in [-0.3, -0.25) is 4.79 Å². The number of anilines is 1. The zero-order valence-electron chi connectivity index (χ0n) is 11.3.